The summed E-state index contributed by atoms with van der Waals surface area (Å²) in [5.74, 6) is 1.24. The molecule has 2 rings (SSSR count). The Morgan fingerprint density at radius 2 is 1.84 bits per heavy atom. The number of carbonyl (C=O) groups is 1. The van der Waals surface area contributed by atoms with Gasteiger partial charge in [0.2, 0.25) is 5.91 Å². The third-order valence-corrected chi connectivity index (χ3v) is 5.59. The van der Waals surface area contributed by atoms with Crippen molar-refractivity contribution in [3.8, 4) is 0 Å². The van der Waals surface area contributed by atoms with Gasteiger partial charge in [-0.15, -0.1) is 0 Å². The van der Waals surface area contributed by atoms with Crippen LogP contribution in [0.1, 0.15) is 94.3 Å². The van der Waals surface area contributed by atoms with Gasteiger partial charge in [-0.05, 0) is 61.5 Å². The first-order valence-electron chi connectivity index (χ1n) is 9.84. The van der Waals surface area contributed by atoms with E-state index in [0.29, 0.717) is 25.2 Å². The molecule has 25 heavy (non-hydrogen) atoms. The lowest BCUT2D eigenvalue weighted by molar-refractivity contribution is -0.129. The molecule has 3 N–H and O–H groups in total. The molecule has 0 aromatic heterocycles. The number of aliphatic hydroxyl groups excluding tert-OH is 1. The zero-order valence-corrected chi connectivity index (χ0v) is 15.4. The lowest BCUT2D eigenvalue weighted by Gasteiger charge is -2.28. The van der Waals surface area contributed by atoms with Crippen LogP contribution in [0.15, 0.2) is 24.3 Å². The molecule has 1 aliphatic carbocycles. The first-order chi connectivity index (χ1) is 12.1. The van der Waals surface area contributed by atoms with Crippen LogP contribution in [0.3, 0.4) is 0 Å². The van der Waals surface area contributed by atoms with Gasteiger partial charge in [-0.3, -0.25) is 10.0 Å². The summed E-state index contributed by atoms with van der Waals surface area (Å²) < 4.78 is 0. The maximum atomic E-state index is 10.9. The maximum Gasteiger partial charge on any atom is 0.243 e. The second kappa shape index (κ2) is 10.6. The Bertz CT molecular complexity index is 506. The molecule has 1 aliphatic rings. The normalized spacial score (nSPS) is 21.7. The summed E-state index contributed by atoms with van der Waals surface area (Å²) in [5.41, 5.74) is 3.99. The molecule has 1 unspecified atom stereocenters. The number of amides is 1. The van der Waals surface area contributed by atoms with Gasteiger partial charge in [0.15, 0.2) is 0 Å². The van der Waals surface area contributed by atoms with Gasteiger partial charge in [-0.2, -0.15) is 0 Å². The number of nitrogens with one attached hydrogen (secondary N) is 1. The second-order valence-corrected chi connectivity index (χ2v) is 7.47. The number of aliphatic hydroxyl groups is 1. The Morgan fingerprint density at radius 3 is 2.44 bits per heavy atom. The minimum atomic E-state index is -0.480. The molecule has 1 amide bonds. The molecular formula is C21H33NO3. The lowest BCUT2D eigenvalue weighted by Crippen LogP contribution is -2.17. The molecule has 0 spiro atoms. The van der Waals surface area contributed by atoms with Gasteiger partial charge in [0.1, 0.15) is 0 Å². The number of hydrogen-bond acceptors (Lipinski definition) is 3. The van der Waals surface area contributed by atoms with Crippen LogP contribution in [0.5, 0.6) is 0 Å². The lowest BCUT2D eigenvalue weighted by atomic mass is 9.77. The summed E-state index contributed by atoms with van der Waals surface area (Å²) in [7, 11) is 0. The van der Waals surface area contributed by atoms with Crippen LogP contribution in [0, 0.1) is 5.92 Å². The van der Waals surface area contributed by atoms with E-state index in [4.69, 9.17) is 5.21 Å². The largest absolute Gasteiger partial charge is 0.388 e. The van der Waals surface area contributed by atoms with Gasteiger partial charge < -0.3 is 5.11 Å². The van der Waals surface area contributed by atoms with Crippen LogP contribution >= 0.6 is 0 Å². The van der Waals surface area contributed by atoms with E-state index in [1.807, 2.05) is 0 Å². The number of hydrogen-bond donors (Lipinski definition) is 3. The molecule has 4 heteroatoms. The zero-order chi connectivity index (χ0) is 18.1. The smallest absolute Gasteiger partial charge is 0.243 e. The average Bonchev–Trinajstić information content (AvgIpc) is 2.66. The third kappa shape index (κ3) is 6.44. The second-order valence-electron chi connectivity index (χ2n) is 7.47. The Kier molecular flexibility index (Phi) is 8.42. The quantitative estimate of drug-likeness (QED) is 0.339. The van der Waals surface area contributed by atoms with Crippen molar-refractivity contribution >= 4 is 5.91 Å². The van der Waals surface area contributed by atoms with Crippen LogP contribution in [0.2, 0.25) is 0 Å². The van der Waals surface area contributed by atoms with E-state index in [0.717, 1.165) is 17.9 Å². The van der Waals surface area contributed by atoms with Crippen molar-refractivity contribution in [1.82, 2.24) is 5.48 Å². The maximum absolute atomic E-state index is 10.9. The summed E-state index contributed by atoms with van der Waals surface area (Å²) >= 11 is 0. The van der Waals surface area contributed by atoms with Crippen LogP contribution in [-0.2, 0) is 4.79 Å². The van der Waals surface area contributed by atoms with E-state index >= 15 is 0 Å². The SMILES string of the molecule is CCC[C@H]1CC[C@H](c2ccc(C(O)CCCCC(=O)NO)cc2)CC1. The first kappa shape index (κ1) is 19.9. The van der Waals surface area contributed by atoms with Gasteiger partial charge in [0.05, 0.1) is 6.10 Å². The highest BCUT2D eigenvalue weighted by atomic mass is 16.5. The predicted octanol–water partition coefficient (Wildman–Crippen LogP) is 4.86. The van der Waals surface area contributed by atoms with Gasteiger partial charge >= 0.3 is 0 Å². The van der Waals surface area contributed by atoms with Crippen molar-refractivity contribution in [3.63, 3.8) is 0 Å². The molecule has 1 fully saturated rings. The standard InChI is InChI=1S/C21H33NO3/c1-2-5-16-8-10-17(11-9-16)18-12-14-19(15-13-18)20(23)6-3-4-7-21(24)22-25/h12-17,20,23,25H,2-11H2,1H3,(H,22,24)/t16-,17-,20?. The molecular weight excluding hydrogens is 314 g/mol. The van der Waals surface area contributed by atoms with Crippen molar-refractivity contribution in [3.05, 3.63) is 35.4 Å². The van der Waals surface area contributed by atoms with E-state index in [9.17, 15) is 9.90 Å². The summed E-state index contributed by atoms with van der Waals surface area (Å²) in [6.07, 6.45) is 9.84. The molecule has 0 heterocycles. The highest BCUT2D eigenvalue weighted by Crippen LogP contribution is 2.37. The van der Waals surface area contributed by atoms with E-state index in [1.165, 1.54) is 44.1 Å². The topological polar surface area (TPSA) is 69.6 Å². The highest BCUT2D eigenvalue weighted by Gasteiger charge is 2.21. The fourth-order valence-corrected chi connectivity index (χ4v) is 4.03. The molecule has 1 aromatic carbocycles. The number of rotatable bonds is 9. The molecule has 140 valence electrons. The van der Waals surface area contributed by atoms with Crippen LogP contribution < -0.4 is 5.48 Å². The van der Waals surface area contributed by atoms with Crippen molar-refractivity contribution in [1.29, 1.82) is 0 Å². The molecule has 1 saturated carbocycles. The summed E-state index contributed by atoms with van der Waals surface area (Å²) in [4.78, 5) is 10.9. The zero-order valence-electron chi connectivity index (χ0n) is 15.4. The van der Waals surface area contributed by atoms with Crippen molar-refractivity contribution < 1.29 is 15.1 Å². The highest BCUT2D eigenvalue weighted by molar-refractivity contribution is 5.74. The first-order valence-corrected chi connectivity index (χ1v) is 9.84. The minimum Gasteiger partial charge on any atom is -0.388 e. The number of carbonyl (C=O) groups excluding carboxylic acids is 1. The molecule has 1 atom stereocenters. The number of hydroxylamine groups is 1. The van der Waals surface area contributed by atoms with Crippen molar-refractivity contribution in [2.24, 2.45) is 5.92 Å². The summed E-state index contributed by atoms with van der Waals surface area (Å²) in [5, 5.41) is 18.7. The Hall–Kier alpha value is -1.39. The Balaban J connectivity index is 1.76. The monoisotopic (exact) mass is 347 g/mol. The van der Waals surface area contributed by atoms with Crippen LogP contribution in [0.4, 0.5) is 0 Å². The van der Waals surface area contributed by atoms with Crippen LogP contribution in [-0.4, -0.2) is 16.2 Å². The van der Waals surface area contributed by atoms with E-state index in [2.05, 4.69) is 31.2 Å². The van der Waals surface area contributed by atoms with E-state index in [-0.39, 0.29) is 5.91 Å². The van der Waals surface area contributed by atoms with Crippen molar-refractivity contribution in [2.75, 3.05) is 0 Å². The molecule has 0 saturated heterocycles. The van der Waals surface area contributed by atoms with E-state index < -0.39 is 6.10 Å². The number of unbranched alkanes of at least 4 members (excludes halogenated alkanes) is 1. The van der Waals surface area contributed by atoms with Gasteiger partial charge in [0, 0.05) is 6.42 Å². The van der Waals surface area contributed by atoms with E-state index in [1.54, 1.807) is 5.48 Å². The summed E-state index contributed by atoms with van der Waals surface area (Å²) in [6.45, 7) is 2.28. The molecule has 0 radical (unpaired) electrons. The average molecular weight is 347 g/mol. The predicted molar refractivity (Wildman–Crippen MR) is 99.4 cm³/mol. The molecule has 0 bridgehead atoms. The fourth-order valence-electron chi connectivity index (χ4n) is 4.03. The van der Waals surface area contributed by atoms with Crippen LogP contribution in [0.25, 0.3) is 0 Å². The Morgan fingerprint density at radius 1 is 1.16 bits per heavy atom. The van der Waals surface area contributed by atoms with Crippen molar-refractivity contribution in [2.45, 2.75) is 83.2 Å². The fraction of sp³-hybridized carbons (Fsp3) is 0.667. The molecule has 1 aromatic rings. The number of benzene rings is 1. The third-order valence-electron chi connectivity index (χ3n) is 5.59. The van der Waals surface area contributed by atoms with Gasteiger partial charge in [0.25, 0.3) is 0 Å². The van der Waals surface area contributed by atoms with Gasteiger partial charge in [-0.25, -0.2) is 5.48 Å². The summed E-state index contributed by atoms with van der Waals surface area (Å²) in [6, 6.07) is 8.47. The molecule has 4 nitrogen and oxygen atoms in total. The minimum absolute atomic E-state index is 0.295. The molecule has 0 aliphatic heterocycles. The van der Waals surface area contributed by atoms with Gasteiger partial charge in [-0.1, -0.05) is 50.5 Å². The Labute approximate surface area is 151 Å².